The van der Waals surface area contributed by atoms with Gasteiger partial charge in [-0.15, -0.1) is 0 Å². The summed E-state index contributed by atoms with van der Waals surface area (Å²) >= 11 is 0. The van der Waals surface area contributed by atoms with Crippen molar-refractivity contribution in [2.75, 3.05) is 7.11 Å². The second-order valence-corrected chi connectivity index (χ2v) is 12.1. The van der Waals surface area contributed by atoms with Crippen LogP contribution in [0.25, 0.3) is 32.9 Å². The molecule has 1 spiro atoms. The lowest BCUT2D eigenvalue weighted by Gasteiger charge is -2.57. The number of carboxylic acid groups (broad SMARTS) is 1. The van der Waals surface area contributed by atoms with E-state index in [1.807, 2.05) is 48.5 Å². The molecule has 0 bridgehead atoms. The topological polar surface area (TPSA) is 106 Å². The van der Waals surface area contributed by atoms with E-state index in [4.69, 9.17) is 9.84 Å². The first-order chi connectivity index (χ1) is 20.8. The number of aromatic nitrogens is 3. The maximum atomic E-state index is 14.8. The van der Waals surface area contributed by atoms with Crippen LogP contribution in [0, 0.1) is 17.2 Å². The Labute approximate surface area is 247 Å². The number of pyridine rings is 1. The van der Waals surface area contributed by atoms with Crippen LogP contribution in [0.1, 0.15) is 48.0 Å². The second-order valence-electron chi connectivity index (χ2n) is 12.1. The van der Waals surface area contributed by atoms with Crippen LogP contribution in [0.15, 0.2) is 72.9 Å². The molecule has 0 saturated heterocycles. The van der Waals surface area contributed by atoms with E-state index in [0.29, 0.717) is 28.9 Å². The van der Waals surface area contributed by atoms with Gasteiger partial charge >= 0.3 is 5.97 Å². The van der Waals surface area contributed by atoms with E-state index in [1.165, 1.54) is 18.3 Å². The Balaban J connectivity index is 1.06. The first kappa shape index (κ1) is 27.1. The number of rotatable bonds is 8. The highest BCUT2D eigenvalue weighted by Gasteiger charge is 2.53. The minimum absolute atomic E-state index is 0.0372. The second kappa shape index (κ2) is 10.5. The van der Waals surface area contributed by atoms with Gasteiger partial charge in [-0.1, -0.05) is 30.3 Å². The van der Waals surface area contributed by atoms with E-state index >= 15 is 0 Å². The summed E-state index contributed by atoms with van der Waals surface area (Å²) in [5.41, 5.74) is 4.98. The van der Waals surface area contributed by atoms with Gasteiger partial charge in [0.15, 0.2) is 0 Å². The minimum atomic E-state index is -0.749. The van der Waals surface area contributed by atoms with E-state index in [-0.39, 0.29) is 29.7 Å². The third kappa shape index (κ3) is 5.09. The standard InChI is InChI=1S/C34H31FN4O4/c1-43-30-11-7-24-13-23(6-10-29(24)38-30)22-4-2-20(3-5-22)19-39-32-26(8-9-28(35)27(32)18-36-39)33(42)37-25-16-34(17-25)14-21(15-34)12-31(40)41/h2-11,13,18,21,25H,12,14-17,19H2,1H3,(H,37,42)(H,40,41). The zero-order valence-corrected chi connectivity index (χ0v) is 23.7. The SMILES string of the molecule is COc1ccc2cc(-c3ccc(Cn4ncc5c(F)ccc(C(=O)NC6CC7(CC(CC(=O)O)C7)C6)c54)cc3)ccc2n1. The lowest BCUT2D eigenvalue weighted by molar-refractivity contribution is -0.142. The molecule has 2 heterocycles. The zero-order chi connectivity index (χ0) is 29.7. The molecule has 1 amide bonds. The number of carboxylic acids is 1. The molecule has 7 rings (SSSR count). The Morgan fingerprint density at radius 1 is 1.02 bits per heavy atom. The molecule has 0 radical (unpaired) electrons. The molecule has 2 aliphatic carbocycles. The van der Waals surface area contributed by atoms with Gasteiger partial charge in [-0.3, -0.25) is 14.3 Å². The number of hydrogen-bond acceptors (Lipinski definition) is 5. The quantitative estimate of drug-likeness (QED) is 0.227. The fraction of sp³-hybridized carbons (Fsp3) is 0.294. The minimum Gasteiger partial charge on any atom is -0.481 e. The van der Waals surface area contributed by atoms with Gasteiger partial charge in [-0.25, -0.2) is 9.37 Å². The normalized spacial score (nSPS) is 21.0. The van der Waals surface area contributed by atoms with Crippen LogP contribution in [0.4, 0.5) is 4.39 Å². The summed E-state index contributed by atoms with van der Waals surface area (Å²) in [6.45, 7) is 0.381. The zero-order valence-electron chi connectivity index (χ0n) is 23.7. The van der Waals surface area contributed by atoms with Gasteiger partial charge in [0.25, 0.3) is 5.91 Å². The lowest BCUT2D eigenvalue weighted by Crippen LogP contribution is -2.56. The van der Waals surface area contributed by atoms with Gasteiger partial charge in [-0.2, -0.15) is 5.10 Å². The number of halogens is 1. The van der Waals surface area contributed by atoms with Crippen LogP contribution < -0.4 is 10.1 Å². The number of methoxy groups -OCH3 is 1. The Morgan fingerprint density at radius 3 is 2.53 bits per heavy atom. The van der Waals surface area contributed by atoms with E-state index in [2.05, 4.69) is 21.5 Å². The molecule has 43 heavy (non-hydrogen) atoms. The number of hydrogen-bond donors (Lipinski definition) is 2. The van der Waals surface area contributed by atoms with Gasteiger partial charge in [0.05, 0.1) is 41.8 Å². The Bertz CT molecular complexity index is 1870. The number of carbonyl (C=O) groups excluding carboxylic acids is 1. The fourth-order valence-corrected chi connectivity index (χ4v) is 7.09. The first-order valence-electron chi connectivity index (χ1n) is 14.5. The molecule has 0 aliphatic heterocycles. The summed E-state index contributed by atoms with van der Waals surface area (Å²) in [6.07, 6.45) is 5.22. The number of aliphatic carboxylic acids is 1. The van der Waals surface area contributed by atoms with Crippen molar-refractivity contribution in [2.24, 2.45) is 11.3 Å². The fourth-order valence-electron chi connectivity index (χ4n) is 7.09. The molecule has 2 aromatic heterocycles. The highest BCUT2D eigenvalue weighted by Crippen LogP contribution is 2.59. The van der Waals surface area contributed by atoms with E-state index in [0.717, 1.165) is 53.3 Å². The predicted molar refractivity (Wildman–Crippen MR) is 160 cm³/mol. The highest BCUT2D eigenvalue weighted by atomic mass is 19.1. The summed E-state index contributed by atoms with van der Waals surface area (Å²) in [5, 5.41) is 17.9. The number of amides is 1. The average Bonchev–Trinajstić information content (AvgIpc) is 3.39. The molecule has 0 atom stereocenters. The summed E-state index contributed by atoms with van der Waals surface area (Å²) in [7, 11) is 1.60. The van der Waals surface area contributed by atoms with Crippen LogP contribution in [0.2, 0.25) is 0 Å². The number of nitrogens with zero attached hydrogens (tertiary/aromatic N) is 3. The Morgan fingerprint density at radius 2 is 1.79 bits per heavy atom. The maximum absolute atomic E-state index is 14.8. The van der Waals surface area contributed by atoms with Crippen molar-refractivity contribution in [1.82, 2.24) is 20.1 Å². The molecule has 218 valence electrons. The summed E-state index contributed by atoms with van der Waals surface area (Å²) in [5.74, 6) is -0.594. The molecule has 0 unspecified atom stereocenters. The molecule has 9 heteroatoms. The summed E-state index contributed by atoms with van der Waals surface area (Å²) in [6, 6.07) is 20.9. The van der Waals surface area contributed by atoms with Crippen LogP contribution in [0.5, 0.6) is 5.88 Å². The van der Waals surface area contributed by atoms with Gasteiger partial charge in [0.1, 0.15) is 5.82 Å². The number of fused-ring (bicyclic) bond motifs is 2. The molecular weight excluding hydrogens is 547 g/mol. The molecule has 2 aliphatic rings. The Kier molecular flexibility index (Phi) is 6.60. The molecule has 8 nitrogen and oxygen atoms in total. The van der Waals surface area contributed by atoms with Crippen molar-refractivity contribution < 1.29 is 23.8 Å². The number of nitrogens with one attached hydrogen (secondary N) is 1. The molecule has 5 aromatic rings. The van der Waals surface area contributed by atoms with Gasteiger partial charge in [0.2, 0.25) is 5.88 Å². The van der Waals surface area contributed by atoms with Crippen molar-refractivity contribution in [2.45, 2.75) is 44.7 Å². The summed E-state index contributed by atoms with van der Waals surface area (Å²) in [4.78, 5) is 28.8. The molecular formula is C34H31FN4O4. The Hall–Kier alpha value is -4.79. The first-order valence-corrected chi connectivity index (χ1v) is 14.5. The predicted octanol–water partition coefficient (Wildman–Crippen LogP) is 6.21. The third-order valence-electron chi connectivity index (χ3n) is 9.09. The van der Waals surface area contributed by atoms with E-state index in [9.17, 15) is 14.0 Å². The molecule has 2 N–H and O–H groups in total. The number of benzene rings is 3. The maximum Gasteiger partial charge on any atom is 0.303 e. The van der Waals surface area contributed by atoms with Crippen LogP contribution in [0.3, 0.4) is 0 Å². The molecule has 3 aromatic carbocycles. The van der Waals surface area contributed by atoms with Crippen molar-refractivity contribution in [3.63, 3.8) is 0 Å². The smallest absolute Gasteiger partial charge is 0.303 e. The van der Waals surface area contributed by atoms with Gasteiger partial charge in [0, 0.05) is 23.9 Å². The van der Waals surface area contributed by atoms with Crippen LogP contribution in [-0.4, -0.2) is 44.9 Å². The van der Waals surface area contributed by atoms with E-state index < -0.39 is 11.8 Å². The van der Waals surface area contributed by atoms with E-state index in [1.54, 1.807) is 11.8 Å². The average molecular weight is 579 g/mol. The van der Waals surface area contributed by atoms with Crippen molar-refractivity contribution in [3.8, 4) is 17.0 Å². The van der Waals surface area contributed by atoms with Crippen molar-refractivity contribution >= 4 is 33.7 Å². The van der Waals surface area contributed by atoms with Crippen LogP contribution >= 0.6 is 0 Å². The molecule has 2 fully saturated rings. The van der Waals surface area contributed by atoms with Crippen molar-refractivity contribution in [3.05, 3.63) is 89.9 Å². The molecule has 2 saturated carbocycles. The van der Waals surface area contributed by atoms with Gasteiger partial charge < -0.3 is 15.2 Å². The monoisotopic (exact) mass is 578 g/mol. The van der Waals surface area contributed by atoms with Crippen LogP contribution in [-0.2, 0) is 11.3 Å². The highest BCUT2D eigenvalue weighted by molar-refractivity contribution is 6.06. The van der Waals surface area contributed by atoms with Gasteiger partial charge in [-0.05, 0) is 84.0 Å². The lowest BCUT2D eigenvalue weighted by atomic mass is 9.49. The third-order valence-corrected chi connectivity index (χ3v) is 9.09. The van der Waals surface area contributed by atoms with Crippen molar-refractivity contribution in [1.29, 1.82) is 0 Å². The number of carbonyl (C=O) groups is 2. The summed E-state index contributed by atoms with van der Waals surface area (Å²) < 4.78 is 21.7. The number of ether oxygens (including phenoxy) is 1. The largest absolute Gasteiger partial charge is 0.481 e.